The summed E-state index contributed by atoms with van der Waals surface area (Å²) in [5.74, 6) is 0.965. The molecule has 1 fully saturated rings. The second-order valence-electron chi connectivity index (χ2n) is 4.21. The zero-order valence-corrected chi connectivity index (χ0v) is 8.38. The lowest BCUT2D eigenvalue weighted by Gasteiger charge is -2.19. The van der Waals surface area contributed by atoms with Crippen LogP contribution in [0.1, 0.15) is 26.7 Å². The quantitative estimate of drug-likeness (QED) is 0.256. The second kappa shape index (κ2) is 3.96. The average Bonchev–Trinajstić information content (AvgIpc) is 2.85. The third-order valence-electron chi connectivity index (χ3n) is 3.03. The van der Waals surface area contributed by atoms with Gasteiger partial charge in [0.15, 0.2) is 5.84 Å². The lowest BCUT2D eigenvalue weighted by molar-refractivity contribution is 0.315. The Bertz CT molecular complexity index is 197. The van der Waals surface area contributed by atoms with Crippen molar-refractivity contribution >= 4 is 5.84 Å². The number of rotatable bonds is 5. The molecule has 0 amide bonds. The van der Waals surface area contributed by atoms with Crippen LogP contribution in [0.25, 0.3) is 0 Å². The SMILES string of the molecule is CC(C)C1(CNCC(N)=NO)CC1. The first-order chi connectivity index (χ1) is 6.10. The molecule has 0 atom stereocenters. The van der Waals surface area contributed by atoms with Crippen molar-refractivity contribution in [2.24, 2.45) is 22.2 Å². The van der Waals surface area contributed by atoms with Crippen LogP contribution in [-0.4, -0.2) is 24.1 Å². The van der Waals surface area contributed by atoms with E-state index in [4.69, 9.17) is 10.9 Å². The molecule has 0 unspecified atom stereocenters. The monoisotopic (exact) mass is 185 g/mol. The molecular weight excluding hydrogens is 166 g/mol. The largest absolute Gasteiger partial charge is 0.409 e. The molecule has 0 bridgehead atoms. The molecule has 1 aliphatic carbocycles. The van der Waals surface area contributed by atoms with Gasteiger partial charge in [-0.2, -0.15) is 0 Å². The molecule has 0 aromatic carbocycles. The van der Waals surface area contributed by atoms with Crippen LogP contribution in [-0.2, 0) is 0 Å². The highest BCUT2D eigenvalue weighted by Gasteiger charge is 2.44. The zero-order chi connectivity index (χ0) is 9.90. The summed E-state index contributed by atoms with van der Waals surface area (Å²) >= 11 is 0. The van der Waals surface area contributed by atoms with E-state index in [1.165, 1.54) is 12.8 Å². The Balaban J connectivity index is 2.20. The summed E-state index contributed by atoms with van der Waals surface area (Å²) in [6.07, 6.45) is 2.60. The molecule has 1 aliphatic rings. The molecular formula is C9H19N3O. The van der Waals surface area contributed by atoms with E-state index < -0.39 is 0 Å². The van der Waals surface area contributed by atoms with Gasteiger partial charge in [0.05, 0.1) is 6.54 Å². The highest BCUT2D eigenvalue weighted by Crippen LogP contribution is 2.51. The van der Waals surface area contributed by atoms with Gasteiger partial charge in [-0.25, -0.2) is 0 Å². The molecule has 4 nitrogen and oxygen atoms in total. The van der Waals surface area contributed by atoms with Gasteiger partial charge in [0.25, 0.3) is 0 Å². The number of nitrogens with zero attached hydrogens (tertiary/aromatic N) is 1. The fourth-order valence-electron chi connectivity index (χ4n) is 1.59. The number of amidine groups is 1. The number of hydrogen-bond donors (Lipinski definition) is 3. The molecule has 76 valence electrons. The first-order valence-corrected chi connectivity index (χ1v) is 4.78. The molecule has 0 aliphatic heterocycles. The predicted molar refractivity (Wildman–Crippen MR) is 52.8 cm³/mol. The molecule has 0 spiro atoms. The van der Waals surface area contributed by atoms with Gasteiger partial charge in [-0.05, 0) is 24.2 Å². The minimum absolute atomic E-state index is 0.250. The van der Waals surface area contributed by atoms with E-state index in [0.717, 1.165) is 6.54 Å². The first-order valence-electron chi connectivity index (χ1n) is 4.78. The number of nitrogens with one attached hydrogen (secondary N) is 1. The van der Waals surface area contributed by atoms with E-state index in [0.29, 0.717) is 17.9 Å². The van der Waals surface area contributed by atoms with Crippen molar-refractivity contribution in [3.8, 4) is 0 Å². The average molecular weight is 185 g/mol. The molecule has 1 saturated carbocycles. The predicted octanol–water partition coefficient (Wildman–Crippen LogP) is 0.759. The van der Waals surface area contributed by atoms with E-state index in [2.05, 4.69) is 24.3 Å². The Labute approximate surface area is 79.2 Å². The van der Waals surface area contributed by atoms with Crippen molar-refractivity contribution in [1.82, 2.24) is 5.32 Å². The summed E-state index contributed by atoms with van der Waals surface area (Å²) in [7, 11) is 0. The molecule has 0 radical (unpaired) electrons. The summed E-state index contributed by atoms with van der Waals surface area (Å²) in [6.45, 7) is 5.95. The molecule has 0 heterocycles. The Morgan fingerprint density at radius 1 is 1.62 bits per heavy atom. The molecule has 0 saturated heterocycles. The highest BCUT2D eigenvalue weighted by molar-refractivity contribution is 5.81. The van der Waals surface area contributed by atoms with Crippen molar-refractivity contribution in [2.45, 2.75) is 26.7 Å². The van der Waals surface area contributed by atoms with Crippen molar-refractivity contribution in [3.05, 3.63) is 0 Å². The van der Waals surface area contributed by atoms with Gasteiger partial charge in [0.1, 0.15) is 0 Å². The third-order valence-corrected chi connectivity index (χ3v) is 3.03. The summed E-state index contributed by atoms with van der Waals surface area (Å²) in [4.78, 5) is 0. The van der Waals surface area contributed by atoms with Crippen LogP contribution in [0.4, 0.5) is 0 Å². The van der Waals surface area contributed by atoms with Gasteiger partial charge < -0.3 is 16.3 Å². The lowest BCUT2D eigenvalue weighted by Crippen LogP contribution is -2.34. The number of oxime groups is 1. The van der Waals surface area contributed by atoms with E-state index in [1.54, 1.807) is 0 Å². The van der Waals surface area contributed by atoms with Crippen LogP contribution in [0.15, 0.2) is 5.16 Å². The van der Waals surface area contributed by atoms with E-state index in [1.807, 2.05) is 0 Å². The maximum absolute atomic E-state index is 8.31. The minimum atomic E-state index is 0.250. The van der Waals surface area contributed by atoms with Gasteiger partial charge in [0.2, 0.25) is 0 Å². The van der Waals surface area contributed by atoms with Gasteiger partial charge in [-0.15, -0.1) is 0 Å². The van der Waals surface area contributed by atoms with Gasteiger partial charge in [0, 0.05) is 6.54 Å². The van der Waals surface area contributed by atoms with Crippen LogP contribution < -0.4 is 11.1 Å². The van der Waals surface area contributed by atoms with Crippen molar-refractivity contribution in [3.63, 3.8) is 0 Å². The standard InChI is InChI=1S/C9H19N3O/c1-7(2)9(3-4-9)6-11-5-8(10)12-13/h7,11,13H,3-6H2,1-2H3,(H2,10,12). The second-order valence-corrected chi connectivity index (χ2v) is 4.21. The summed E-state index contributed by atoms with van der Waals surface area (Å²) in [5, 5.41) is 14.4. The molecule has 0 aromatic heterocycles. The summed E-state index contributed by atoms with van der Waals surface area (Å²) < 4.78 is 0. The normalized spacial score (nSPS) is 20.7. The van der Waals surface area contributed by atoms with E-state index in [-0.39, 0.29) is 5.84 Å². The Hall–Kier alpha value is -0.770. The van der Waals surface area contributed by atoms with Gasteiger partial charge in [-0.1, -0.05) is 19.0 Å². The van der Waals surface area contributed by atoms with Crippen LogP contribution in [0.2, 0.25) is 0 Å². The topological polar surface area (TPSA) is 70.6 Å². The van der Waals surface area contributed by atoms with E-state index >= 15 is 0 Å². The van der Waals surface area contributed by atoms with Crippen LogP contribution in [0.5, 0.6) is 0 Å². The molecule has 4 N–H and O–H groups in total. The highest BCUT2D eigenvalue weighted by atomic mass is 16.4. The number of hydrogen-bond acceptors (Lipinski definition) is 3. The smallest absolute Gasteiger partial charge is 0.153 e. The van der Waals surface area contributed by atoms with Crippen molar-refractivity contribution in [1.29, 1.82) is 0 Å². The Morgan fingerprint density at radius 3 is 2.62 bits per heavy atom. The zero-order valence-electron chi connectivity index (χ0n) is 8.38. The molecule has 4 heteroatoms. The lowest BCUT2D eigenvalue weighted by atomic mass is 9.92. The van der Waals surface area contributed by atoms with Gasteiger partial charge in [-0.3, -0.25) is 0 Å². The molecule has 1 rings (SSSR count). The third kappa shape index (κ3) is 2.59. The summed E-state index contributed by atoms with van der Waals surface area (Å²) in [5.41, 5.74) is 5.82. The fourth-order valence-corrected chi connectivity index (χ4v) is 1.59. The number of nitrogens with two attached hydrogens (primary N) is 1. The van der Waals surface area contributed by atoms with E-state index in [9.17, 15) is 0 Å². The van der Waals surface area contributed by atoms with Crippen LogP contribution in [0, 0.1) is 11.3 Å². The Kier molecular flexibility index (Phi) is 3.14. The van der Waals surface area contributed by atoms with Crippen LogP contribution in [0.3, 0.4) is 0 Å². The molecule has 13 heavy (non-hydrogen) atoms. The Morgan fingerprint density at radius 2 is 2.23 bits per heavy atom. The maximum Gasteiger partial charge on any atom is 0.153 e. The summed E-state index contributed by atoms with van der Waals surface area (Å²) in [6, 6.07) is 0. The first kappa shape index (κ1) is 10.3. The van der Waals surface area contributed by atoms with Gasteiger partial charge >= 0.3 is 0 Å². The minimum Gasteiger partial charge on any atom is -0.409 e. The molecule has 0 aromatic rings. The maximum atomic E-state index is 8.31. The fraction of sp³-hybridized carbons (Fsp3) is 0.889. The van der Waals surface area contributed by atoms with Crippen molar-refractivity contribution < 1.29 is 5.21 Å². The van der Waals surface area contributed by atoms with Crippen LogP contribution >= 0.6 is 0 Å². The van der Waals surface area contributed by atoms with Crippen molar-refractivity contribution in [2.75, 3.05) is 13.1 Å².